The van der Waals surface area contributed by atoms with Gasteiger partial charge in [0.1, 0.15) is 5.75 Å². The molecule has 0 bridgehead atoms. The summed E-state index contributed by atoms with van der Waals surface area (Å²) in [4.78, 5) is 21.9. The Balaban J connectivity index is 2.24. The van der Waals surface area contributed by atoms with Crippen LogP contribution in [0.15, 0.2) is 24.3 Å². The van der Waals surface area contributed by atoms with Crippen molar-refractivity contribution in [3.8, 4) is 5.75 Å². The highest BCUT2D eigenvalue weighted by molar-refractivity contribution is 5.75. The lowest BCUT2D eigenvalue weighted by molar-refractivity contribution is -0.137. The van der Waals surface area contributed by atoms with E-state index in [1.54, 1.807) is 0 Å². The van der Waals surface area contributed by atoms with Crippen LogP contribution in [-0.4, -0.2) is 23.1 Å². The summed E-state index contributed by atoms with van der Waals surface area (Å²) in [5.74, 6) is -0.0595. The molecule has 0 saturated carbocycles. The number of benzene rings is 1. The van der Waals surface area contributed by atoms with E-state index in [0.29, 0.717) is 25.8 Å². The van der Waals surface area contributed by atoms with Gasteiger partial charge in [0.25, 0.3) is 0 Å². The number of carboxylic acids is 1. The van der Waals surface area contributed by atoms with Crippen LogP contribution >= 0.6 is 0 Å². The first-order valence-electron chi connectivity index (χ1n) is 7.21. The number of amides is 1. The van der Waals surface area contributed by atoms with E-state index < -0.39 is 5.97 Å². The molecule has 1 rings (SSSR count). The van der Waals surface area contributed by atoms with Gasteiger partial charge in [-0.05, 0) is 44.4 Å². The van der Waals surface area contributed by atoms with Crippen LogP contribution in [0, 0.1) is 0 Å². The number of rotatable bonds is 9. The molecule has 0 aliphatic carbocycles. The lowest BCUT2D eigenvalue weighted by Gasteiger charge is -2.10. The van der Waals surface area contributed by atoms with Gasteiger partial charge in [0.15, 0.2) is 0 Å². The van der Waals surface area contributed by atoms with Gasteiger partial charge >= 0.3 is 5.97 Å². The van der Waals surface area contributed by atoms with Crippen molar-refractivity contribution in [2.24, 2.45) is 0 Å². The Hall–Kier alpha value is -2.04. The molecule has 0 unspecified atom stereocenters. The Morgan fingerprint density at radius 3 is 2.33 bits per heavy atom. The molecule has 1 amide bonds. The topological polar surface area (TPSA) is 75.6 Å². The quantitative estimate of drug-likeness (QED) is 0.686. The molecule has 1 aromatic carbocycles. The highest BCUT2D eigenvalue weighted by atomic mass is 16.5. The minimum Gasteiger partial charge on any atom is -0.491 e. The normalized spacial score (nSPS) is 10.4. The van der Waals surface area contributed by atoms with Crippen molar-refractivity contribution in [3.63, 3.8) is 0 Å². The fourth-order valence-electron chi connectivity index (χ4n) is 1.81. The summed E-state index contributed by atoms with van der Waals surface area (Å²) in [5.41, 5.74) is 1.00. The molecule has 0 atom stereocenters. The fraction of sp³-hybridized carbons (Fsp3) is 0.500. The third kappa shape index (κ3) is 7.97. The zero-order chi connectivity index (χ0) is 15.7. The van der Waals surface area contributed by atoms with Crippen LogP contribution < -0.4 is 10.1 Å². The third-order valence-corrected chi connectivity index (χ3v) is 2.83. The number of hydrogen-bond donors (Lipinski definition) is 2. The minimum atomic E-state index is -0.820. The van der Waals surface area contributed by atoms with Gasteiger partial charge in [-0.3, -0.25) is 9.59 Å². The van der Waals surface area contributed by atoms with Gasteiger partial charge in [0.2, 0.25) is 5.91 Å². The average molecular weight is 293 g/mol. The van der Waals surface area contributed by atoms with E-state index >= 15 is 0 Å². The van der Waals surface area contributed by atoms with Crippen LogP contribution in [0.2, 0.25) is 0 Å². The molecule has 0 aliphatic rings. The molecule has 2 N–H and O–H groups in total. The second-order valence-electron chi connectivity index (χ2n) is 5.19. The molecular formula is C16H23NO4. The highest BCUT2D eigenvalue weighted by Gasteiger charge is 2.03. The zero-order valence-corrected chi connectivity index (χ0v) is 12.6. The predicted molar refractivity (Wildman–Crippen MR) is 80.2 cm³/mol. The van der Waals surface area contributed by atoms with Crippen LogP contribution in [0.25, 0.3) is 0 Å². The zero-order valence-electron chi connectivity index (χ0n) is 12.6. The number of hydrogen-bond acceptors (Lipinski definition) is 3. The third-order valence-electron chi connectivity index (χ3n) is 2.83. The van der Waals surface area contributed by atoms with Gasteiger partial charge in [-0.25, -0.2) is 0 Å². The lowest BCUT2D eigenvalue weighted by atomic mass is 10.2. The number of nitrogens with one attached hydrogen (secondary N) is 1. The summed E-state index contributed by atoms with van der Waals surface area (Å²) < 4.78 is 5.54. The van der Waals surface area contributed by atoms with Crippen molar-refractivity contribution in [3.05, 3.63) is 29.8 Å². The Morgan fingerprint density at radius 1 is 1.14 bits per heavy atom. The minimum absolute atomic E-state index is 0.0529. The molecule has 5 heteroatoms. The van der Waals surface area contributed by atoms with E-state index in [1.165, 1.54) is 0 Å². The number of aliphatic carboxylic acids is 1. The van der Waals surface area contributed by atoms with Crippen molar-refractivity contribution >= 4 is 11.9 Å². The van der Waals surface area contributed by atoms with E-state index in [-0.39, 0.29) is 18.4 Å². The number of ether oxygens (including phenoxy) is 1. The van der Waals surface area contributed by atoms with Crippen LogP contribution in [0.1, 0.15) is 45.1 Å². The molecular weight excluding hydrogens is 270 g/mol. The summed E-state index contributed by atoms with van der Waals surface area (Å²) in [7, 11) is 0. The Bertz CT molecular complexity index is 454. The second-order valence-corrected chi connectivity index (χ2v) is 5.19. The van der Waals surface area contributed by atoms with Crippen LogP contribution in [0.3, 0.4) is 0 Å². The average Bonchev–Trinajstić information content (AvgIpc) is 2.42. The van der Waals surface area contributed by atoms with E-state index in [9.17, 15) is 9.59 Å². The second kappa shape index (κ2) is 9.00. The molecule has 0 aromatic heterocycles. The molecule has 0 fully saturated rings. The van der Waals surface area contributed by atoms with Crippen molar-refractivity contribution in [2.75, 3.05) is 0 Å². The van der Waals surface area contributed by atoms with E-state index in [4.69, 9.17) is 9.84 Å². The molecule has 0 aliphatic heterocycles. The van der Waals surface area contributed by atoms with Gasteiger partial charge in [0, 0.05) is 19.4 Å². The number of unbranched alkanes of at least 4 members (excludes halogenated alkanes) is 1. The molecule has 0 radical (unpaired) electrons. The number of carboxylic acid groups (broad SMARTS) is 1. The summed E-state index contributed by atoms with van der Waals surface area (Å²) in [5, 5.41) is 11.3. The highest BCUT2D eigenvalue weighted by Crippen LogP contribution is 2.13. The SMILES string of the molecule is CC(C)Oc1ccc(CNC(=O)CCCCC(=O)O)cc1. The first kappa shape index (κ1) is 17.0. The van der Waals surface area contributed by atoms with E-state index in [1.807, 2.05) is 38.1 Å². The van der Waals surface area contributed by atoms with E-state index in [2.05, 4.69) is 5.32 Å². The van der Waals surface area contributed by atoms with Crippen LogP contribution in [0.5, 0.6) is 5.75 Å². The maximum atomic E-state index is 11.6. The maximum absolute atomic E-state index is 11.6. The molecule has 116 valence electrons. The van der Waals surface area contributed by atoms with Gasteiger partial charge < -0.3 is 15.2 Å². The van der Waals surface area contributed by atoms with Gasteiger partial charge in [-0.2, -0.15) is 0 Å². The monoisotopic (exact) mass is 293 g/mol. The summed E-state index contributed by atoms with van der Waals surface area (Å²) in [6, 6.07) is 7.60. The van der Waals surface area contributed by atoms with Crippen molar-refractivity contribution in [1.82, 2.24) is 5.32 Å². The Morgan fingerprint density at radius 2 is 1.76 bits per heavy atom. The largest absolute Gasteiger partial charge is 0.491 e. The molecule has 0 spiro atoms. The van der Waals surface area contributed by atoms with E-state index in [0.717, 1.165) is 11.3 Å². The Labute approximate surface area is 125 Å². The van der Waals surface area contributed by atoms with Crippen LogP contribution in [0.4, 0.5) is 0 Å². The number of carbonyl (C=O) groups excluding carboxylic acids is 1. The standard InChI is InChI=1S/C16H23NO4/c1-12(2)21-14-9-7-13(8-10-14)11-17-15(18)5-3-4-6-16(19)20/h7-10,12H,3-6,11H2,1-2H3,(H,17,18)(H,19,20). The van der Waals surface area contributed by atoms with Crippen LogP contribution in [-0.2, 0) is 16.1 Å². The molecule has 0 saturated heterocycles. The van der Waals surface area contributed by atoms with Gasteiger partial charge in [0.05, 0.1) is 6.10 Å². The Kier molecular flexibility index (Phi) is 7.29. The summed E-state index contributed by atoms with van der Waals surface area (Å²) in [6.07, 6.45) is 1.75. The molecule has 0 heterocycles. The lowest BCUT2D eigenvalue weighted by Crippen LogP contribution is -2.22. The van der Waals surface area contributed by atoms with Crippen molar-refractivity contribution in [1.29, 1.82) is 0 Å². The first-order chi connectivity index (χ1) is 9.97. The van der Waals surface area contributed by atoms with Crippen molar-refractivity contribution < 1.29 is 19.4 Å². The molecule has 1 aromatic rings. The first-order valence-corrected chi connectivity index (χ1v) is 7.21. The number of carbonyl (C=O) groups is 2. The fourth-order valence-corrected chi connectivity index (χ4v) is 1.81. The van der Waals surface area contributed by atoms with Gasteiger partial charge in [-0.15, -0.1) is 0 Å². The smallest absolute Gasteiger partial charge is 0.303 e. The van der Waals surface area contributed by atoms with Gasteiger partial charge in [-0.1, -0.05) is 12.1 Å². The predicted octanol–water partition coefficient (Wildman–Crippen LogP) is 2.74. The molecule has 5 nitrogen and oxygen atoms in total. The summed E-state index contributed by atoms with van der Waals surface area (Å²) >= 11 is 0. The maximum Gasteiger partial charge on any atom is 0.303 e. The summed E-state index contributed by atoms with van der Waals surface area (Å²) in [6.45, 7) is 4.41. The van der Waals surface area contributed by atoms with Crippen molar-refractivity contribution in [2.45, 2.75) is 52.2 Å². The molecule has 21 heavy (non-hydrogen) atoms.